The molecule has 0 aliphatic carbocycles. The molecule has 21 nitrogen and oxygen atoms in total. The zero-order chi connectivity index (χ0) is 54.6. The average Bonchev–Trinajstić information content (AvgIpc) is 4.20. The Labute approximate surface area is 452 Å². The molecule has 5 aromatic rings. The van der Waals surface area contributed by atoms with Gasteiger partial charge in [-0.1, -0.05) is 68.8 Å². The third kappa shape index (κ3) is 12.7. The van der Waals surface area contributed by atoms with Crippen molar-refractivity contribution in [1.29, 1.82) is 0 Å². The average molecular weight is 1100 g/mol. The van der Waals surface area contributed by atoms with Gasteiger partial charge in [0, 0.05) is 47.1 Å². The lowest BCUT2D eigenvalue weighted by Crippen LogP contribution is -2.58. The first-order chi connectivity index (χ1) is 36.2. The van der Waals surface area contributed by atoms with Crippen molar-refractivity contribution >= 4 is 81.3 Å². The fourth-order valence-electron chi connectivity index (χ4n) is 9.31. The van der Waals surface area contributed by atoms with Crippen LogP contribution in [-0.4, -0.2) is 140 Å². The monoisotopic (exact) mass is 1100 g/mol. The zero-order valence-corrected chi connectivity index (χ0v) is 45.5. The quantitative estimate of drug-likeness (QED) is 0.124. The van der Waals surface area contributed by atoms with Crippen molar-refractivity contribution in [2.24, 2.45) is 10.4 Å². The Hall–Kier alpha value is -6.92. The highest BCUT2D eigenvalue weighted by Gasteiger charge is 2.45. The molecule has 2 fully saturated rings. The molecule has 402 valence electrons. The van der Waals surface area contributed by atoms with Gasteiger partial charge in [-0.25, -0.2) is 4.98 Å². The third-order valence-corrected chi connectivity index (χ3v) is 15.8. The second-order valence-corrected chi connectivity index (χ2v) is 22.6. The van der Waals surface area contributed by atoms with Crippen LogP contribution in [0.25, 0.3) is 15.4 Å². The number of thiazole rings is 1. The molecule has 0 radical (unpaired) electrons. The first-order valence-electron chi connectivity index (χ1n) is 24.8. The largest absolute Gasteiger partial charge is 0.391 e. The predicted octanol–water partition coefficient (Wildman–Crippen LogP) is 3.23. The summed E-state index contributed by atoms with van der Waals surface area (Å²) in [5.74, 6) is -3.50. The van der Waals surface area contributed by atoms with E-state index in [-0.39, 0.29) is 45.5 Å². The molecule has 2 aromatic carbocycles. The van der Waals surface area contributed by atoms with Gasteiger partial charge in [0.05, 0.1) is 59.9 Å². The lowest BCUT2D eigenvalue weighted by molar-refractivity contribution is -0.144. The van der Waals surface area contributed by atoms with E-state index in [9.17, 15) is 38.7 Å². The first kappa shape index (κ1) is 55.3. The summed E-state index contributed by atoms with van der Waals surface area (Å²) in [6, 6.07) is 8.97. The molecule has 3 aliphatic rings. The minimum Gasteiger partial charge on any atom is -0.391 e. The summed E-state index contributed by atoms with van der Waals surface area (Å²) in [6.45, 7) is 11.1. The summed E-state index contributed by atoms with van der Waals surface area (Å²) < 4.78 is 7.49. The molecular formula is C52H61ClN12O9S2. The lowest BCUT2D eigenvalue weighted by atomic mass is 9.85. The minimum absolute atomic E-state index is 0.0977. The molecule has 6 atom stereocenters. The molecule has 7 N–H and O–H groups in total. The van der Waals surface area contributed by atoms with Crippen LogP contribution in [0.4, 0.5) is 0 Å². The van der Waals surface area contributed by atoms with Gasteiger partial charge in [0.15, 0.2) is 5.82 Å². The third-order valence-electron chi connectivity index (χ3n) is 13.4. The van der Waals surface area contributed by atoms with Crippen molar-refractivity contribution in [3.8, 4) is 15.4 Å². The molecular weight excluding hydrogens is 1040 g/mol. The predicted molar refractivity (Wildman–Crippen MR) is 285 cm³/mol. The van der Waals surface area contributed by atoms with Crippen LogP contribution in [-0.2, 0) is 38.3 Å². The van der Waals surface area contributed by atoms with Crippen LogP contribution in [0.1, 0.15) is 96.6 Å². The maximum absolute atomic E-state index is 14.3. The molecule has 0 saturated carbocycles. The van der Waals surface area contributed by atoms with Crippen LogP contribution in [0.5, 0.6) is 0 Å². The maximum Gasteiger partial charge on any atom is 0.246 e. The molecule has 0 bridgehead atoms. The molecule has 0 spiro atoms. The highest BCUT2D eigenvalue weighted by atomic mass is 35.5. The number of ether oxygens (including phenoxy) is 1. The molecule has 2 saturated heterocycles. The van der Waals surface area contributed by atoms with Crippen molar-refractivity contribution < 1.29 is 43.4 Å². The second kappa shape index (κ2) is 23.5. The highest BCUT2D eigenvalue weighted by molar-refractivity contribution is 7.15. The normalized spacial score (nSPS) is 22.5. The van der Waals surface area contributed by atoms with Gasteiger partial charge in [-0.15, -0.1) is 32.9 Å². The Morgan fingerprint density at radius 2 is 1.62 bits per heavy atom. The molecule has 3 aliphatic heterocycles. The molecule has 3 aromatic heterocycles. The van der Waals surface area contributed by atoms with Crippen molar-refractivity contribution in [2.45, 2.75) is 104 Å². The summed E-state index contributed by atoms with van der Waals surface area (Å²) in [5.41, 5.74) is 6.42. The number of amides is 7. The number of fused-ring (bicyclic) bond motifs is 4. The number of aliphatic imine (C=N–C) groups is 1. The zero-order valence-electron chi connectivity index (χ0n) is 43.1. The smallest absolute Gasteiger partial charge is 0.246 e. The molecule has 8 rings (SSSR count). The SMILES string of the molecule is Cc1ncsc1-c1ccc([C@H]2CC(=O)NCC(=O)N[C@H](CNC(=O)C[C@@H]3N=C(c4ccc(Cl)cc4)c4c(sc(C)c4C)-n4c(C)nnc43)C(=O)NCCOCC(=O)N[C@@H](C(C)(C)C)C(=O)N3C[C@H](O)C[C@H]3C(=O)N2)cc1. The van der Waals surface area contributed by atoms with E-state index in [0.717, 1.165) is 42.7 Å². The van der Waals surface area contributed by atoms with E-state index in [2.05, 4.69) is 47.1 Å². The van der Waals surface area contributed by atoms with Crippen molar-refractivity contribution in [1.82, 2.24) is 56.5 Å². The lowest BCUT2D eigenvalue weighted by Gasteiger charge is -2.35. The Morgan fingerprint density at radius 1 is 0.895 bits per heavy atom. The van der Waals surface area contributed by atoms with Gasteiger partial charge >= 0.3 is 0 Å². The number of nitrogens with zero attached hydrogens (tertiary/aromatic N) is 6. The number of hydrogen-bond donors (Lipinski definition) is 7. The van der Waals surface area contributed by atoms with Gasteiger partial charge in [0.25, 0.3) is 0 Å². The highest BCUT2D eigenvalue weighted by Crippen LogP contribution is 2.40. The van der Waals surface area contributed by atoms with Crippen LogP contribution in [0.2, 0.25) is 5.02 Å². The van der Waals surface area contributed by atoms with Crippen LogP contribution in [0.3, 0.4) is 0 Å². The molecule has 7 amide bonds. The number of hydrogen-bond acceptors (Lipinski definition) is 15. The van der Waals surface area contributed by atoms with Gasteiger partial charge in [-0.2, -0.15) is 0 Å². The second-order valence-electron chi connectivity index (χ2n) is 20.1. The molecule has 0 unspecified atom stereocenters. The summed E-state index contributed by atoms with van der Waals surface area (Å²) >= 11 is 9.31. The number of aryl methyl sites for hydroxylation is 3. The van der Waals surface area contributed by atoms with E-state index in [1.165, 1.54) is 16.2 Å². The maximum atomic E-state index is 14.3. The van der Waals surface area contributed by atoms with Crippen LogP contribution < -0.4 is 31.9 Å². The minimum atomic E-state index is -1.36. The van der Waals surface area contributed by atoms with Crippen molar-refractivity contribution in [3.05, 3.63) is 104 Å². The van der Waals surface area contributed by atoms with Gasteiger partial charge in [0.1, 0.15) is 41.6 Å². The summed E-state index contributed by atoms with van der Waals surface area (Å²) in [4.78, 5) is 110. The number of benzene rings is 2. The Morgan fingerprint density at radius 3 is 2.32 bits per heavy atom. The topological polar surface area (TPSA) is 280 Å². The number of carbonyl (C=O) groups excluding carboxylic acids is 7. The van der Waals surface area contributed by atoms with E-state index in [4.69, 9.17) is 21.3 Å². The standard InChI is InChI=1S/C52H61ClN12O9S2/c1-26-28(3)76-51-43(26)44(31-12-14-33(53)15-13-31)59-36(47-63-62-29(4)65(47)51)20-40(68)55-21-37-48(71)54-16-17-74-24-42(70)61-46(52(5,6)7)50(73)64-23-34(66)18-38(64)49(72)60-35(19-39(67)56-22-41(69)58-37)30-8-10-32(11-9-30)45-27(2)57-25-75-45/h8-15,25,34-38,46,66H,16-24H2,1-7H3,(H,54,71)(H,55,68)(H,56,67)(H,58,69)(H,60,72)(H,61,70)/t34-,35-,36+,37-,38+,46-/m1/s1. The summed E-state index contributed by atoms with van der Waals surface area (Å²) in [7, 11) is 0. The number of nitrogens with one attached hydrogen (secondary N) is 6. The first-order valence-corrected chi connectivity index (χ1v) is 26.9. The summed E-state index contributed by atoms with van der Waals surface area (Å²) in [5, 5.41) is 37.4. The van der Waals surface area contributed by atoms with Gasteiger partial charge in [-0.05, 0) is 61.9 Å². The van der Waals surface area contributed by atoms with Crippen molar-refractivity contribution in [3.63, 3.8) is 0 Å². The van der Waals surface area contributed by atoms with Gasteiger partial charge in [-0.3, -0.25) is 43.1 Å². The number of rotatable bonds is 7. The van der Waals surface area contributed by atoms with E-state index in [0.29, 0.717) is 27.9 Å². The number of aliphatic hydroxyl groups is 1. The number of carbonyl (C=O) groups is 7. The van der Waals surface area contributed by atoms with Crippen molar-refractivity contribution in [2.75, 3.05) is 39.4 Å². The van der Waals surface area contributed by atoms with E-state index in [1.54, 1.807) is 61.9 Å². The molecule has 76 heavy (non-hydrogen) atoms. The van der Waals surface area contributed by atoms with E-state index >= 15 is 0 Å². The summed E-state index contributed by atoms with van der Waals surface area (Å²) in [6.07, 6.45) is -1.72. The fourth-order valence-corrected chi connectivity index (χ4v) is 11.5. The molecule has 24 heteroatoms. The van der Waals surface area contributed by atoms with Crippen LogP contribution in [0, 0.1) is 33.1 Å². The van der Waals surface area contributed by atoms with Crippen LogP contribution in [0.15, 0.2) is 59.0 Å². The number of halogens is 1. The Balaban J connectivity index is 1.02. The Bertz CT molecular complexity index is 3060. The van der Waals surface area contributed by atoms with Gasteiger partial charge < -0.3 is 46.6 Å². The fraction of sp³-hybridized carbons (Fsp3) is 0.442. The van der Waals surface area contributed by atoms with E-state index < -0.39 is 96.2 Å². The Kier molecular flexibility index (Phi) is 17.1. The van der Waals surface area contributed by atoms with Crippen LogP contribution >= 0.6 is 34.3 Å². The number of thiophene rings is 1. The number of aromatic nitrogens is 4. The van der Waals surface area contributed by atoms with E-state index in [1.807, 2.05) is 56.5 Å². The molecule has 6 heterocycles. The van der Waals surface area contributed by atoms with Gasteiger partial charge in [0.2, 0.25) is 41.4 Å². The number of aliphatic hydroxyl groups excluding tert-OH is 1.